The zero-order valence-electron chi connectivity index (χ0n) is 20.5. The maximum absolute atomic E-state index is 13.3. The van der Waals surface area contributed by atoms with Gasteiger partial charge >= 0.3 is 0 Å². The summed E-state index contributed by atoms with van der Waals surface area (Å²) < 4.78 is 16.5. The molecular formula is C28H30N2O5. The summed E-state index contributed by atoms with van der Waals surface area (Å²) in [6.07, 6.45) is 0.0875. The highest BCUT2D eigenvalue weighted by Gasteiger charge is 2.35. The van der Waals surface area contributed by atoms with Crippen molar-refractivity contribution in [2.24, 2.45) is 0 Å². The Labute approximate surface area is 205 Å². The Bertz CT molecular complexity index is 1200. The van der Waals surface area contributed by atoms with E-state index in [1.165, 1.54) is 7.11 Å². The van der Waals surface area contributed by atoms with Crippen LogP contribution in [0.15, 0.2) is 60.7 Å². The standard InChI is InChI=1S/C28H30N2O5/c1-18-9-11-19(12-10-18)16-29-26(31)15-23(30-17-20-7-5-6-8-22(20)28(30)32)21-13-24(33-2)27(35-4)25(14-21)34-3/h5-14,23H,15-17H2,1-4H3,(H,29,31). The van der Waals surface area contributed by atoms with Gasteiger partial charge in [-0.2, -0.15) is 0 Å². The molecule has 1 aliphatic heterocycles. The Hall–Kier alpha value is -4.00. The van der Waals surface area contributed by atoms with E-state index in [-0.39, 0.29) is 18.2 Å². The van der Waals surface area contributed by atoms with Crippen LogP contribution in [0.4, 0.5) is 0 Å². The minimum atomic E-state index is -0.526. The van der Waals surface area contributed by atoms with Crippen molar-refractivity contribution in [3.63, 3.8) is 0 Å². The van der Waals surface area contributed by atoms with Gasteiger partial charge in [0.25, 0.3) is 5.91 Å². The predicted octanol–water partition coefficient (Wildman–Crippen LogP) is 4.42. The third kappa shape index (κ3) is 5.09. The quantitative estimate of drug-likeness (QED) is 0.497. The normalized spacial score (nSPS) is 13.3. The molecule has 1 heterocycles. The molecule has 0 radical (unpaired) electrons. The van der Waals surface area contributed by atoms with E-state index in [1.54, 1.807) is 31.3 Å². The van der Waals surface area contributed by atoms with Crippen LogP contribution in [0.3, 0.4) is 0 Å². The Kier molecular flexibility index (Phi) is 7.25. The fourth-order valence-corrected chi connectivity index (χ4v) is 4.38. The fourth-order valence-electron chi connectivity index (χ4n) is 4.38. The average Bonchev–Trinajstić information content (AvgIpc) is 3.22. The molecule has 0 fully saturated rings. The lowest BCUT2D eigenvalue weighted by atomic mass is 10.00. The molecule has 4 rings (SSSR count). The van der Waals surface area contributed by atoms with Crippen molar-refractivity contribution in [1.82, 2.24) is 10.2 Å². The van der Waals surface area contributed by atoms with E-state index in [4.69, 9.17) is 14.2 Å². The average molecular weight is 475 g/mol. The van der Waals surface area contributed by atoms with Gasteiger partial charge in [-0.25, -0.2) is 0 Å². The van der Waals surface area contributed by atoms with Gasteiger partial charge in [-0.15, -0.1) is 0 Å². The van der Waals surface area contributed by atoms with Gasteiger partial charge in [-0.3, -0.25) is 9.59 Å². The first-order valence-corrected chi connectivity index (χ1v) is 11.5. The summed E-state index contributed by atoms with van der Waals surface area (Å²) in [7, 11) is 4.62. The van der Waals surface area contributed by atoms with Crippen LogP contribution in [0.2, 0.25) is 0 Å². The van der Waals surface area contributed by atoms with Crippen molar-refractivity contribution in [2.45, 2.75) is 32.5 Å². The van der Waals surface area contributed by atoms with Crippen LogP contribution in [0.1, 0.15) is 45.1 Å². The number of hydrogen-bond donors (Lipinski definition) is 1. The number of fused-ring (bicyclic) bond motifs is 1. The minimum Gasteiger partial charge on any atom is -0.493 e. The Morgan fingerprint density at radius 3 is 2.23 bits per heavy atom. The van der Waals surface area contributed by atoms with Crippen molar-refractivity contribution in [1.29, 1.82) is 0 Å². The first-order valence-electron chi connectivity index (χ1n) is 11.5. The summed E-state index contributed by atoms with van der Waals surface area (Å²) in [4.78, 5) is 28.2. The van der Waals surface area contributed by atoms with Gasteiger partial charge in [0, 0.05) is 18.7 Å². The summed E-state index contributed by atoms with van der Waals surface area (Å²) >= 11 is 0. The molecule has 0 bridgehead atoms. The van der Waals surface area contributed by atoms with Crippen molar-refractivity contribution >= 4 is 11.8 Å². The monoisotopic (exact) mass is 474 g/mol. The molecule has 0 aromatic heterocycles. The van der Waals surface area contributed by atoms with Crippen LogP contribution in [0.25, 0.3) is 0 Å². The van der Waals surface area contributed by atoms with Crippen LogP contribution < -0.4 is 19.5 Å². The van der Waals surface area contributed by atoms with Gasteiger partial charge in [0.1, 0.15) is 0 Å². The maximum Gasteiger partial charge on any atom is 0.255 e. The van der Waals surface area contributed by atoms with E-state index in [1.807, 2.05) is 55.5 Å². The molecule has 3 aromatic carbocycles. The Morgan fingerprint density at radius 2 is 1.63 bits per heavy atom. The van der Waals surface area contributed by atoms with Gasteiger partial charge in [0.05, 0.1) is 33.8 Å². The number of hydrogen-bond acceptors (Lipinski definition) is 5. The zero-order valence-corrected chi connectivity index (χ0v) is 20.5. The molecule has 0 saturated heterocycles. The SMILES string of the molecule is COc1cc(C(CC(=O)NCc2ccc(C)cc2)N2Cc3ccccc3C2=O)cc(OC)c1OC. The molecule has 1 aliphatic rings. The molecule has 1 atom stereocenters. The molecule has 3 aromatic rings. The van der Waals surface area contributed by atoms with Crippen LogP contribution in [-0.2, 0) is 17.9 Å². The van der Waals surface area contributed by atoms with E-state index in [0.29, 0.717) is 35.9 Å². The fraction of sp³-hybridized carbons (Fsp3) is 0.286. The van der Waals surface area contributed by atoms with Crippen LogP contribution in [0, 0.1) is 6.92 Å². The highest BCUT2D eigenvalue weighted by molar-refractivity contribution is 5.99. The van der Waals surface area contributed by atoms with Gasteiger partial charge in [-0.1, -0.05) is 48.0 Å². The number of carbonyl (C=O) groups excluding carboxylic acids is 2. The third-order valence-electron chi connectivity index (χ3n) is 6.29. The zero-order chi connectivity index (χ0) is 24.9. The topological polar surface area (TPSA) is 77.1 Å². The lowest BCUT2D eigenvalue weighted by Gasteiger charge is -2.29. The number of aryl methyl sites for hydroxylation is 1. The lowest BCUT2D eigenvalue weighted by Crippen LogP contribution is -2.34. The second kappa shape index (κ2) is 10.5. The van der Waals surface area contributed by atoms with Crippen LogP contribution >= 0.6 is 0 Å². The molecule has 35 heavy (non-hydrogen) atoms. The van der Waals surface area contributed by atoms with E-state index < -0.39 is 6.04 Å². The number of nitrogens with zero attached hydrogens (tertiary/aromatic N) is 1. The summed E-state index contributed by atoms with van der Waals surface area (Å²) in [5.41, 5.74) is 4.50. The molecule has 0 aliphatic carbocycles. The Balaban J connectivity index is 1.64. The number of rotatable bonds is 9. The first-order chi connectivity index (χ1) is 16.9. The van der Waals surface area contributed by atoms with Crippen molar-refractivity contribution < 1.29 is 23.8 Å². The van der Waals surface area contributed by atoms with Crippen molar-refractivity contribution in [2.75, 3.05) is 21.3 Å². The van der Waals surface area contributed by atoms with E-state index in [2.05, 4.69) is 5.32 Å². The summed E-state index contributed by atoms with van der Waals surface area (Å²) in [5, 5.41) is 2.99. The second-order valence-corrected chi connectivity index (χ2v) is 8.53. The molecule has 1 N–H and O–H groups in total. The molecule has 0 saturated carbocycles. The number of methoxy groups -OCH3 is 3. The van der Waals surface area contributed by atoms with Gasteiger partial charge in [0.2, 0.25) is 11.7 Å². The van der Waals surface area contributed by atoms with E-state index in [9.17, 15) is 9.59 Å². The van der Waals surface area contributed by atoms with Crippen molar-refractivity contribution in [3.8, 4) is 17.2 Å². The number of nitrogens with one attached hydrogen (secondary N) is 1. The molecule has 0 spiro atoms. The van der Waals surface area contributed by atoms with Crippen LogP contribution in [-0.4, -0.2) is 38.0 Å². The van der Waals surface area contributed by atoms with E-state index in [0.717, 1.165) is 22.3 Å². The minimum absolute atomic E-state index is 0.0875. The largest absolute Gasteiger partial charge is 0.493 e. The Morgan fingerprint density at radius 1 is 0.971 bits per heavy atom. The number of ether oxygens (including phenoxy) is 3. The predicted molar refractivity (Wildman–Crippen MR) is 133 cm³/mol. The third-order valence-corrected chi connectivity index (χ3v) is 6.29. The number of benzene rings is 3. The molecule has 1 unspecified atom stereocenters. The summed E-state index contributed by atoms with van der Waals surface area (Å²) in [5.74, 6) is 1.13. The highest BCUT2D eigenvalue weighted by Crippen LogP contribution is 2.42. The van der Waals surface area contributed by atoms with Crippen LogP contribution in [0.5, 0.6) is 17.2 Å². The van der Waals surface area contributed by atoms with Gasteiger partial charge in [-0.05, 0) is 41.8 Å². The first kappa shape index (κ1) is 24.1. The molecule has 2 amide bonds. The number of carbonyl (C=O) groups is 2. The van der Waals surface area contributed by atoms with Crippen molar-refractivity contribution in [3.05, 3.63) is 88.5 Å². The van der Waals surface area contributed by atoms with E-state index >= 15 is 0 Å². The maximum atomic E-state index is 13.3. The van der Waals surface area contributed by atoms with Gasteiger partial charge in [0.15, 0.2) is 11.5 Å². The molecule has 7 heteroatoms. The summed E-state index contributed by atoms with van der Waals surface area (Å²) in [6, 6.07) is 18.6. The van der Waals surface area contributed by atoms with Gasteiger partial charge < -0.3 is 24.4 Å². The second-order valence-electron chi connectivity index (χ2n) is 8.53. The smallest absolute Gasteiger partial charge is 0.255 e. The molecular weight excluding hydrogens is 444 g/mol. The summed E-state index contributed by atoms with van der Waals surface area (Å²) in [6.45, 7) is 2.85. The molecule has 7 nitrogen and oxygen atoms in total. The highest BCUT2D eigenvalue weighted by atomic mass is 16.5. The number of amides is 2. The lowest BCUT2D eigenvalue weighted by molar-refractivity contribution is -0.122. The molecule has 182 valence electrons.